The quantitative estimate of drug-likeness (QED) is 0.781. The van der Waals surface area contributed by atoms with Gasteiger partial charge < -0.3 is 9.64 Å². The van der Waals surface area contributed by atoms with Gasteiger partial charge in [0.15, 0.2) is 0 Å². The Hall–Kier alpha value is -0.610. The van der Waals surface area contributed by atoms with E-state index in [0.29, 0.717) is 6.67 Å². The van der Waals surface area contributed by atoms with Crippen LogP contribution in [-0.2, 0) is 9.53 Å². The van der Waals surface area contributed by atoms with Crippen LogP contribution in [0, 0.1) is 0 Å². The number of carbonyl (C=O) groups is 1. The van der Waals surface area contributed by atoms with Crippen molar-refractivity contribution in [1.29, 1.82) is 0 Å². The maximum atomic E-state index is 12.2. The van der Waals surface area contributed by atoms with E-state index in [2.05, 4.69) is 5.32 Å². The number of methoxy groups -OCH3 is 1. The molecular formula is C12H22N2O2. The highest BCUT2D eigenvalue weighted by atomic mass is 16.5. The molecule has 0 bridgehead atoms. The molecule has 1 amide bonds. The average molecular weight is 226 g/mol. The van der Waals surface area contributed by atoms with E-state index in [-0.39, 0.29) is 17.0 Å². The molecule has 1 saturated carbocycles. The number of carbonyl (C=O) groups excluding carboxylic acids is 1. The van der Waals surface area contributed by atoms with Crippen molar-refractivity contribution in [2.24, 2.45) is 0 Å². The lowest BCUT2D eigenvalue weighted by Crippen LogP contribution is -2.51. The summed E-state index contributed by atoms with van der Waals surface area (Å²) in [4.78, 5) is 14.1. The van der Waals surface area contributed by atoms with E-state index < -0.39 is 0 Å². The zero-order chi connectivity index (χ0) is 11.8. The van der Waals surface area contributed by atoms with Crippen LogP contribution in [-0.4, -0.2) is 42.3 Å². The molecule has 1 aliphatic carbocycles. The molecule has 1 heterocycles. The Morgan fingerprint density at radius 3 is 2.56 bits per heavy atom. The molecule has 0 aromatic heterocycles. The Labute approximate surface area is 97.3 Å². The minimum Gasteiger partial charge on any atom is -0.376 e. The van der Waals surface area contributed by atoms with Crippen molar-refractivity contribution in [2.75, 3.05) is 20.3 Å². The summed E-state index contributed by atoms with van der Waals surface area (Å²) in [5.41, 5.74) is -0.422. The molecule has 16 heavy (non-hydrogen) atoms. The topological polar surface area (TPSA) is 41.6 Å². The Morgan fingerprint density at radius 2 is 2.19 bits per heavy atom. The van der Waals surface area contributed by atoms with Crippen molar-refractivity contribution in [2.45, 2.75) is 50.7 Å². The fraction of sp³-hybridized carbons (Fsp3) is 0.917. The van der Waals surface area contributed by atoms with Gasteiger partial charge in [-0.1, -0.05) is 6.92 Å². The van der Waals surface area contributed by atoms with E-state index in [1.165, 1.54) is 6.42 Å². The fourth-order valence-corrected chi connectivity index (χ4v) is 2.52. The van der Waals surface area contributed by atoms with Crippen molar-refractivity contribution in [3.8, 4) is 0 Å². The molecule has 4 nitrogen and oxygen atoms in total. The zero-order valence-electron chi connectivity index (χ0n) is 10.5. The van der Waals surface area contributed by atoms with Gasteiger partial charge in [-0.2, -0.15) is 0 Å². The molecule has 2 fully saturated rings. The van der Waals surface area contributed by atoms with Crippen LogP contribution in [0.1, 0.15) is 39.5 Å². The second kappa shape index (κ2) is 4.00. The molecular weight excluding hydrogens is 204 g/mol. The van der Waals surface area contributed by atoms with Gasteiger partial charge in [-0.25, -0.2) is 0 Å². The highest BCUT2D eigenvalue weighted by molar-refractivity contribution is 5.87. The molecule has 0 aromatic carbocycles. The largest absolute Gasteiger partial charge is 0.376 e. The van der Waals surface area contributed by atoms with Crippen LogP contribution >= 0.6 is 0 Å². The Kier molecular flexibility index (Phi) is 2.97. The molecule has 0 aromatic rings. The van der Waals surface area contributed by atoms with Crippen LogP contribution in [0.5, 0.6) is 0 Å². The molecule has 1 unspecified atom stereocenters. The minimum absolute atomic E-state index is 0.0592. The number of amides is 1. The summed E-state index contributed by atoms with van der Waals surface area (Å²) in [5.74, 6) is 0.221. The number of hydrogen-bond donors (Lipinski definition) is 1. The van der Waals surface area contributed by atoms with Gasteiger partial charge >= 0.3 is 0 Å². The third-order valence-corrected chi connectivity index (χ3v) is 4.30. The smallest absolute Gasteiger partial charge is 0.243 e. The molecule has 0 spiro atoms. The molecule has 2 aliphatic rings. The maximum absolute atomic E-state index is 12.2. The highest BCUT2D eigenvalue weighted by Gasteiger charge is 2.46. The summed E-state index contributed by atoms with van der Waals surface area (Å²) in [6.07, 6.45) is 4.21. The summed E-state index contributed by atoms with van der Waals surface area (Å²) in [5, 5.41) is 3.30. The van der Waals surface area contributed by atoms with Gasteiger partial charge in [-0.3, -0.25) is 10.1 Å². The first kappa shape index (κ1) is 11.9. The number of ether oxygens (including phenoxy) is 1. The number of rotatable bonds is 4. The summed E-state index contributed by atoms with van der Waals surface area (Å²) in [6, 6.07) is 0. The zero-order valence-corrected chi connectivity index (χ0v) is 10.5. The Bertz CT molecular complexity index is 283. The summed E-state index contributed by atoms with van der Waals surface area (Å²) < 4.78 is 5.56. The van der Waals surface area contributed by atoms with Gasteiger partial charge in [-0.15, -0.1) is 0 Å². The minimum atomic E-state index is -0.362. The van der Waals surface area contributed by atoms with Crippen LogP contribution in [0.3, 0.4) is 0 Å². The van der Waals surface area contributed by atoms with Gasteiger partial charge in [0.2, 0.25) is 5.91 Å². The van der Waals surface area contributed by atoms with Crippen molar-refractivity contribution < 1.29 is 9.53 Å². The third kappa shape index (κ3) is 1.74. The lowest BCUT2D eigenvalue weighted by atomic mass is 9.79. The van der Waals surface area contributed by atoms with Crippen molar-refractivity contribution in [3.63, 3.8) is 0 Å². The normalized spacial score (nSPS) is 32.9. The fourth-order valence-electron chi connectivity index (χ4n) is 2.52. The molecule has 92 valence electrons. The first-order chi connectivity index (χ1) is 7.55. The van der Waals surface area contributed by atoms with Gasteiger partial charge in [-0.05, 0) is 32.6 Å². The van der Waals surface area contributed by atoms with Crippen LogP contribution in [0.4, 0.5) is 0 Å². The van der Waals surface area contributed by atoms with E-state index in [1.54, 1.807) is 7.11 Å². The standard InChI is InChI=1S/C12H22N2O2/c1-4-11(2)10(15)14(9-13-11)8-12(16-3)6-5-7-12/h13H,4-9H2,1-3H3. The second-order valence-corrected chi connectivity index (χ2v) is 5.26. The number of hydrogen-bond acceptors (Lipinski definition) is 3. The van der Waals surface area contributed by atoms with Gasteiger partial charge in [0, 0.05) is 7.11 Å². The average Bonchev–Trinajstić information content (AvgIpc) is 2.52. The SMILES string of the molecule is CCC1(C)NCN(CC2(OC)CCC2)C1=O. The van der Waals surface area contributed by atoms with E-state index in [4.69, 9.17) is 4.74 Å². The molecule has 2 rings (SSSR count). The molecule has 1 N–H and O–H groups in total. The predicted molar refractivity (Wildman–Crippen MR) is 62.0 cm³/mol. The first-order valence-electron chi connectivity index (χ1n) is 6.15. The molecule has 0 radical (unpaired) electrons. The van der Waals surface area contributed by atoms with Crippen LogP contribution in [0.25, 0.3) is 0 Å². The van der Waals surface area contributed by atoms with Crippen LogP contribution < -0.4 is 5.32 Å². The van der Waals surface area contributed by atoms with Gasteiger partial charge in [0.1, 0.15) is 0 Å². The summed E-state index contributed by atoms with van der Waals surface area (Å²) >= 11 is 0. The number of nitrogens with one attached hydrogen (secondary N) is 1. The van der Waals surface area contributed by atoms with E-state index in [1.807, 2.05) is 18.7 Å². The predicted octanol–water partition coefficient (Wildman–Crippen LogP) is 1.11. The molecule has 1 saturated heterocycles. The van der Waals surface area contributed by atoms with Crippen LogP contribution in [0.15, 0.2) is 0 Å². The van der Waals surface area contributed by atoms with Gasteiger partial charge in [0.05, 0.1) is 24.4 Å². The second-order valence-electron chi connectivity index (χ2n) is 5.26. The summed E-state index contributed by atoms with van der Waals surface area (Å²) in [7, 11) is 1.76. The molecule has 1 aliphatic heterocycles. The maximum Gasteiger partial charge on any atom is 0.243 e. The Balaban J connectivity index is 2.00. The Morgan fingerprint density at radius 1 is 1.50 bits per heavy atom. The van der Waals surface area contributed by atoms with Crippen molar-refractivity contribution in [3.05, 3.63) is 0 Å². The van der Waals surface area contributed by atoms with E-state index in [9.17, 15) is 4.79 Å². The van der Waals surface area contributed by atoms with E-state index in [0.717, 1.165) is 25.8 Å². The number of nitrogens with zero attached hydrogens (tertiary/aromatic N) is 1. The molecule has 4 heteroatoms. The van der Waals surface area contributed by atoms with Crippen molar-refractivity contribution >= 4 is 5.91 Å². The van der Waals surface area contributed by atoms with Crippen LogP contribution in [0.2, 0.25) is 0 Å². The lowest BCUT2D eigenvalue weighted by molar-refractivity contribution is -0.140. The van der Waals surface area contributed by atoms with E-state index >= 15 is 0 Å². The lowest BCUT2D eigenvalue weighted by Gasteiger charge is -2.42. The first-order valence-corrected chi connectivity index (χ1v) is 6.15. The molecule has 1 atom stereocenters. The van der Waals surface area contributed by atoms with Gasteiger partial charge in [0.25, 0.3) is 0 Å². The third-order valence-electron chi connectivity index (χ3n) is 4.30. The van der Waals surface area contributed by atoms with Crippen molar-refractivity contribution in [1.82, 2.24) is 10.2 Å². The highest BCUT2D eigenvalue weighted by Crippen LogP contribution is 2.36. The monoisotopic (exact) mass is 226 g/mol. The summed E-state index contributed by atoms with van der Waals surface area (Å²) in [6.45, 7) is 5.43.